The molecule has 27 heavy (non-hydrogen) atoms. The highest BCUT2D eigenvalue weighted by molar-refractivity contribution is 7.49. The van der Waals surface area contributed by atoms with Crippen molar-refractivity contribution in [3.8, 4) is 11.5 Å². The van der Waals surface area contributed by atoms with Crippen molar-refractivity contribution in [1.29, 1.82) is 0 Å². The van der Waals surface area contributed by atoms with Crippen LogP contribution in [0.15, 0.2) is 60.7 Å². The van der Waals surface area contributed by atoms with Crippen LogP contribution in [0.4, 0.5) is 13.2 Å². The van der Waals surface area contributed by atoms with Crippen LogP contribution in [0.25, 0.3) is 0 Å². The third kappa shape index (κ3) is 8.20. The van der Waals surface area contributed by atoms with Gasteiger partial charge in [-0.15, -0.1) is 0 Å². The number of para-hydroxylation sites is 2. The van der Waals surface area contributed by atoms with Gasteiger partial charge in [-0.3, -0.25) is 4.52 Å². The second-order valence-electron chi connectivity index (χ2n) is 6.81. The first-order chi connectivity index (χ1) is 12.6. The van der Waals surface area contributed by atoms with E-state index in [-0.39, 0.29) is 23.8 Å². The molecule has 148 valence electrons. The highest BCUT2D eigenvalue weighted by Gasteiger charge is 2.37. The lowest BCUT2D eigenvalue weighted by Gasteiger charge is -2.26. The Bertz CT molecular complexity index is 709. The van der Waals surface area contributed by atoms with Crippen molar-refractivity contribution in [2.75, 3.05) is 6.23 Å². The predicted molar refractivity (Wildman–Crippen MR) is 101 cm³/mol. The minimum Gasteiger partial charge on any atom is -0.395 e. The third-order valence-corrected chi connectivity index (χ3v) is 7.71. The second-order valence-corrected chi connectivity index (χ2v) is 13.4. The molecule has 0 saturated heterocycles. The van der Waals surface area contributed by atoms with Crippen molar-refractivity contribution in [3.05, 3.63) is 60.7 Å². The van der Waals surface area contributed by atoms with Gasteiger partial charge in [0.2, 0.25) is 0 Å². The van der Waals surface area contributed by atoms with E-state index in [0.717, 1.165) is 0 Å². The van der Waals surface area contributed by atoms with Gasteiger partial charge in [-0.25, -0.2) is 4.57 Å². The molecule has 0 bridgehead atoms. The number of phosphoric ester groups is 1. The number of hydrogen-bond donors (Lipinski definition) is 0. The Kier molecular flexibility index (Phi) is 7.14. The maximum atomic E-state index is 13.1. The number of benzene rings is 2. The lowest BCUT2D eigenvalue weighted by atomic mass is 10.3. The SMILES string of the molecule is C[Si](C)(CCC(F)(F)F)COP(=O)(Oc1ccccc1)Oc1ccccc1. The predicted octanol–water partition coefficient (Wildman–Crippen LogP) is 6.47. The van der Waals surface area contributed by atoms with Crippen molar-refractivity contribution in [1.82, 2.24) is 0 Å². The van der Waals surface area contributed by atoms with Crippen molar-refractivity contribution >= 4 is 15.9 Å². The summed E-state index contributed by atoms with van der Waals surface area (Å²) >= 11 is 0. The Hall–Kier alpha value is -1.76. The van der Waals surface area contributed by atoms with E-state index in [1.54, 1.807) is 73.8 Å². The van der Waals surface area contributed by atoms with Crippen LogP contribution in [0.5, 0.6) is 11.5 Å². The molecule has 0 N–H and O–H groups in total. The van der Waals surface area contributed by atoms with Gasteiger partial charge in [0, 0.05) is 6.42 Å². The highest BCUT2D eigenvalue weighted by Crippen LogP contribution is 2.50. The Balaban J connectivity index is 2.10. The highest BCUT2D eigenvalue weighted by atomic mass is 31.2. The molecule has 0 aromatic heterocycles. The molecule has 0 radical (unpaired) electrons. The second kappa shape index (κ2) is 8.95. The van der Waals surface area contributed by atoms with Crippen molar-refractivity contribution in [2.24, 2.45) is 0 Å². The Morgan fingerprint density at radius 2 is 1.33 bits per heavy atom. The largest absolute Gasteiger partial charge is 0.587 e. The molecule has 0 aliphatic rings. The first-order valence-electron chi connectivity index (χ1n) is 8.38. The number of rotatable bonds is 9. The van der Waals surface area contributed by atoms with Gasteiger partial charge in [0.25, 0.3) is 0 Å². The third-order valence-electron chi connectivity index (χ3n) is 3.62. The molecule has 0 unspecified atom stereocenters. The van der Waals surface area contributed by atoms with Gasteiger partial charge < -0.3 is 9.05 Å². The zero-order valence-corrected chi connectivity index (χ0v) is 17.0. The van der Waals surface area contributed by atoms with Crippen LogP contribution in [0.2, 0.25) is 19.1 Å². The van der Waals surface area contributed by atoms with Crippen LogP contribution < -0.4 is 9.05 Å². The van der Waals surface area contributed by atoms with Crippen LogP contribution in [0, 0.1) is 0 Å². The van der Waals surface area contributed by atoms with Gasteiger partial charge in [-0.1, -0.05) is 49.5 Å². The summed E-state index contributed by atoms with van der Waals surface area (Å²) in [6.45, 7) is 3.49. The lowest BCUT2D eigenvalue weighted by Crippen LogP contribution is -2.34. The molecule has 0 amide bonds. The molecule has 0 aliphatic heterocycles. The van der Waals surface area contributed by atoms with Crippen LogP contribution >= 0.6 is 7.82 Å². The quantitative estimate of drug-likeness (QED) is 0.346. The van der Waals surface area contributed by atoms with E-state index >= 15 is 0 Å². The maximum absolute atomic E-state index is 13.1. The van der Waals surface area contributed by atoms with E-state index in [1.165, 1.54) is 0 Å². The van der Waals surface area contributed by atoms with E-state index in [0.29, 0.717) is 0 Å². The summed E-state index contributed by atoms with van der Waals surface area (Å²) in [4.78, 5) is 0. The van der Waals surface area contributed by atoms with Gasteiger partial charge in [-0.2, -0.15) is 13.2 Å². The minimum absolute atomic E-state index is 0.0345. The van der Waals surface area contributed by atoms with E-state index in [9.17, 15) is 17.7 Å². The molecule has 9 heteroatoms. The molecule has 0 aliphatic carbocycles. The van der Waals surface area contributed by atoms with Crippen molar-refractivity contribution in [2.45, 2.75) is 31.7 Å². The maximum Gasteiger partial charge on any atom is 0.587 e. The average Bonchev–Trinajstić information content (AvgIpc) is 2.60. The topological polar surface area (TPSA) is 44.8 Å². The average molecular weight is 418 g/mol. The summed E-state index contributed by atoms with van der Waals surface area (Å²) in [5.41, 5.74) is 0. The smallest absolute Gasteiger partial charge is 0.395 e. The molecule has 0 fully saturated rings. The van der Waals surface area contributed by atoms with Crippen LogP contribution in [-0.2, 0) is 9.09 Å². The van der Waals surface area contributed by atoms with E-state index < -0.39 is 28.5 Å². The minimum atomic E-state index is -4.23. The first-order valence-corrected chi connectivity index (χ1v) is 13.3. The number of alkyl halides is 3. The summed E-state index contributed by atoms with van der Waals surface area (Å²) in [6.07, 6.45) is -5.20. The van der Waals surface area contributed by atoms with Crippen molar-refractivity contribution < 1.29 is 31.3 Å². The Morgan fingerprint density at radius 1 is 0.889 bits per heavy atom. The summed E-state index contributed by atoms with van der Waals surface area (Å²) in [6, 6.07) is 16.7. The molecule has 0 heterocycles. The van der Waals surface area contributed by atoms with E-state index in [4.69, 9.17) is 13.6 Å². The molecule has 2 aromatic rings. The van der Waals surface area contributed by atoms with Gasteiger partial charge in [0.05, 0.1) is 14.3 Å². The standard InChI is InChI=1S/C18H22F3O4PSi/c1-27(2,14-13-18(19,20)21)15-23-26(22,24-16-9-5-3-6-10-16)25-17-11-7-4-8-12-17/h3-12H,13-15H2,1-2H3. The van der Waals surface area contributed by atoms with Crippen LogP contribution in [-0.4, -0.2) is 20.5 Å². The fourth-order valence-electron chi connectivity index (χ4n) is 2.10. The van der Waals surface area contributed by atoms with Crippen LogP contribution in [0.3, 0.4) is 0 Å². The number of hydrogen-bond acceptors (Lipinski definition) is 4. The Labute approximate surface area is 157 Å². The fourth-order valence-corrected chi connectivity index (χ4v) is 6.14. The molecule has 0 saturated carbocycles. The van der Waals surface area contributed by atoms with Gasteiger partial charge in [0.1, 0.15) is 11.5 Å². The van der Waals surface area contributed by atoms with E-state index in [2.05, 4.69) is 0 Å². The summed E-state index contributed by atoms with van der Waals surface area (Å²) in [7, 11) is -6.50. The molecule has 4 nitrogen and oxygen atoms in total. The lowest BCUT2D eigenvalue weighted by molar-refractivity contribution is -0.130. The molecular formula is C18H22F3O4PSi. The first kappa shape index (κ1) is 21.5. The number of halogens is 3. The van der Waals surface area contributed by atoms with Gasteiger partial charge >= 0.3 is 14.0 Å². The normalized spacial score (nSPS) is 12.6. The van der Waals surface area contributed by atoms with Crippen LogP contribution in [0.1, 0.15) is 6.42 Å². The molecule has 2 rings (SSSR count). The van der Waals surface area contributed by atoms with E-state index in [1.807, 2.05) is 0 Å². The zero-order chi connectivity index (χ0) is 20.0. The van der Waals surface area contributed by atoms with Gasteiger partial charge in [-0.05, 0) is 30.3 Å². The van der Waals surface area contributed by atoms with Gasteiger partial charge in [0.15, 0.2) is 0 Å². The number of phosphoric acid groups is 1. The monoisotopic (exact) mass is 418 g/mol. The summed E-state index contributed by atoms with van der Waals surface area (Å²) in [5, 5.41) is 0. The molecular weight excluding hydrogens is 396 g/mol. The molecule has 0 spiro atoms. The van der Waals surface area contributed by atoms with Crippen molar-refractivity contribution in [3.63, 3.8) is 0 Å². The summed E-state index contributed by atoms with van der Waals surface area (Å²) < 4.78 is 67.1. The Morgan fingerprint density at radius 3 is 1.74 bits per heavy atom. The fraction of sp³-hybridized carbons (Fsp3) is 0.333. The summed E-state index contributed by atoms with van der Waals surface area (Å²) in [5.74, 6) is 0.568. The molecule has 2 aromatic carbocycles. The molecule has 0 atom stereocenters. The zero-order valence-electron chi connectivity index (χ0n) is 15.1.